The number of rotatable bonds is 3. The maximum Gasteiger partial charge on any atom is 0.138 e. The Hall–Kier alpha value is -1.50. The first-order valence-corrected chi connectivity index (χ1v) is 6.99. The van der Waals surface area contributed by atoms with E-state index in [1.807, 2.05) is 34.0 Å². The van der Waals surface area contributed by atoms with Crippen molar-refractivity contribution in [1.82, 2.24) is 9.78 Å². The number of hydrogen-bond donors (Lipinski definition) is 1. The largest absolute Gasteiger partial charge is 0.411 e. The highest BCUT2D eigenvalue weighted by Gasteiger charge is 2.29. The van der Waals surface area contributed by atoms with E-state index in [-0.39, 0.29) is 5.60 Å². The van der Waals surface area contributed by atoms with E-state index in [1.165, 1.54) is 11.8 Å². The van der Waals surface area contributed by atoms with Gasteiger partial charge in [0.05, 0.1) is 5.69 Å². The first kappa shape index (κ1) is 13.9. The molecule has 0 aromatic carbocycles. The van der Waals surface area contributed by atoms with Gasteiger partial charge in [0.2, 0.25) is 0 Å². The van der Waals surface area contributed by atoms with Crippen molar-refractivity contribution >= 4 is 22.5 Å². The summed E-state index contributed by atoms with van der Waals surface area (Å²) in [7, 11) is 1.84. The van der Waals surface area contributed by atoms with Crippen LogP contribution in [0.3, 0.4) is 0 Å². The standard InChI is InChI=1S/C12H18N4O2S/c1-8-9(6-16(4)13-8)10(14-17)7-19-11-5-12(2,3)18-15-11/h6,17H,5,7H2,1-4H3. The Morgan fingerprint density at radius 3 is 2.84 bits per heavy atom. The minimum Gasteiger partial charge on any atom is -0.411 e. The van der Waals surface area contributed by atoms with Crippen molar-refractivity contribution in [1.29, 1.82) is 0 Å². The lowest BCUT2D eigenvalue weighted by molar-refractivity contribution is 0.0123. The van der Waals surface area contributed by atoms with Crippen LogP contribution in [-0.4, -0.2) is 37.1 Å². The van der Waals surface area contributed by atoms with Crippen LogP contribution in [0.1, 0.15) is 31.5 Å². The first-order valence-electron chi connectivity index (χ1n) is 6.01. The topological polar surface area (TPSA) is 72.0 Å². The maximum absolute atomic E-state index is 9.16. The highest BCUT2D eigenvalue weighted by molar-refractivity contribution is 8.14. The normalized spacial score (nSPS) is 18.3. The molecule has 1 aromatic rings. The average Bonchev–Trinajstić information content (AvgIpc) is 2.83. The van der Waals surface area contributed by atoms with E-state index >= 15 is 0 Å². The van der Waals surface area contributed by atoms with Gasteiger partial charge in [-0.3, -0.25) is 4.68 Å². The Morgan fingerprint density at radius 1 is 1.63 bits per heavy atom. The molecule has 0 aliphatic carbocycles. The van der Waals surface area contributed by atoms with Crippen molar-refractivity contribution < 1.29 is 10.0 Å². The average molecular weight is 282 g/mol. The molecule has 7 heteroatoms. The van der Waals surface area contributed by atoms with Crippen LogP contribution >= 0.6 is 11.8 Å². The van der Waals surface area contributed by atoms with Gasteiger partial charge < -0.3 is 10.0 Å². The van der Waals surface area contributed by atoms with E-state index < -0.39 is 0 Å². The highest BCUT2D eigenvalue weighted by atomic mass is 32.2. The van der Waals surface area contributed by atoms with Crippen molar-refractivity contribution in [3.05, 3.63) is 17.5 Å². The number of hydrogen-bond acceptors (Lipinski definition) is 6. The summed E-state index contributed by atoms with van der Waals surface area (Å²) in [5, 5.41) is 21.7. The zero-order valence-electron chi connectivity index (χ0n) is 11.5. The smallest absolute Gasteiger partial charge is 0.138 e. The summed E-state index contributed by atoms with van der Waals surface area (Å²) in [6.07, 6.45) is 2.63. The van der Waals surface area contributed by atoms with Crippen LogP contribution in [0.25, 0.3) is 0 Å². The van der Waals surface area contributed by atoms with Crippen molar-refractivity contribution in [3.8, 4) is 0 Å². The molecule has 2 heterocycles. The fourth-order valence-corrected chi connectivity index (χ4v) is 2.93. The predicted octanol–water partition coefficient (Wildman–Crippen LogP) is 2.15. The van der Waals surface area contributed by atoms with E-state index in [1.54, 1.807) is 4.68 Å². The van der Waals surface area contributed by atoms with Crippen LogP contribution in [0.4, 0.5) is 0 Å². The second-order valence-corrected chi connectivity index (χ2v) is 6.20. The molecule has 2 rings (SSSR count). The van der Waals surface area contributed by atoms with Gasteiger partial charge in [-0.1, -0.05) is 10.3 Å². The molecule has 19 heavy (non-hydrogen) atoms. The van der Waals surface area contributed by atoms with Gasteiger partial charge in [-0.2, -0.15) is 5.10 Å². The zero-order chi connectivity index (χ0) is 14.0. The Kier molecular flexibility index (Phi) is 3.84. The molecular weight excluding hydrogens is 264 g/mol. The molecule has 0 saturated carbocycles. The van der Waals surface area contributed by atoms with Gasteiger partial charge in [-0.25, -0.2) is 0 Å². The molecule has 0 amide bonds. The van der Waals surface area contributed by atoms with Gasteiger partial charge in [-0.15, -0.1) is 11.8 Å². The molecule has 1 aliphatic heterocycles. The summed E-state index contributed by atoms with van der Waals surface area (Å²) in [5.41, 5.74) is 2.07. The SMILES string of the molecule is Cc1nn(C)cc1C(CSC1=NOC(C)(C)C1)=NO. The minimum absolute atomic E-state index is 0.233. The Bertz CT molecular complexity index is 534. The molecule has 1 aromatic heterocycles. The third kappa shape index (κ3) is 3.28. The number of aromatic nitrogens is 2. The van der Waals surface area contributed by atoms with Gasteiger partial charge >= 0.3 is 0 Å². The van der Waals surface area contributed by atoms with Crippen LogP contribution in [-0.2, 0) is 11.9 Å². The van der Waals surface area contributed by atoms with Crippen molar-refractivity contribution in [3.63, 3.8) is 0 Å². The Balaban J connectivity index is 2.00. The molecule has 0 radical (unpaired) electrons. The Morgan fingerprint density at radius 2 is 2.37 bits per heavy atom. The zero-order valence-corrected chi connectivity index (χ0v) is 12.4. The van der Waals surface area contributed by atoms with Crippen molar-refractivity contribution in [2.45, 2.75) is 32.8 Å². The van der Waals surface area contributed by atoms with Crippen molar-refractivity contribution in [2.75, 3.05) is 5.75 Å². The summed E-state index contributed by atoms with van der Waals surface area (Å²) < 4.78 is 1.71. The molecule has 104 valence electrons. The third-order valence-electron chi connectivity index (χ3n) is 2.79. The molecule has 0 saturated heterocycles. The van der Waals surface area contributed by atoms with Gasteiger partial charge in [0.25, 0.3) is 0 Å². The fraction of sp³-hybridized carbons (Fsp3) is 0.583. The van der Waals surface area contributed by atoms with Gasteiger partial charge in [0.15, 0.2) is 0 Å². The molecule has 0 bridgehead atoms. The van der Waals surface area contributed by atoms with Crippen LogP contribution in [0.15, 0.2) is 16.5 Å². The van der Waals surface area contributed by atoms with E-state index in [2.05, 4.69) is 15.4 Å². The maximum atomic E-state index is 9.16. The Labute approximate surface area is 116 Å². The molecule has 1 N–H and O–H groups in total. The van der Waals surface area contributed by atoms with Gasteiger partial charge in [-0.05, 0) is 20.8 Å². The molecule has 0 unspecified atom stereocenters. The number of nitrogens with zero attached hydrogens (tertiary/aromatic N) is 4. The monoisotopic (exact) mass is 282 g/mol. The van der Waals surface area contributed by atoms with Crippen LogP contribution in [0.5, 0.6) is 0 Å². The van der Waals surface area contributed by atoms with E-state index in [9.17, 15) is 0 Å². The van der Waals surface area contributed by atoms with Crippen LogP contribution in [0.2, 0.25) is 0 Å². The number of aryl methyl sites for hydroxylation is 2. The van der Waals surface area contributed by atoms with Crippen LogP contribution < -0.4 is 0 Å². The molecule has 6 nitrogen and oxygen atoms in total. The quantitative estimate of drug-likeness (QED) is 0.524. The van der Waals surface area contributed by atoms with E-state index in [0.29, 0.717) is 11.5 Å². The summed E-state index contributed by atoms with van der Waals surface area (Å²) in [6.45, 7) is 5.89. The summed E-state index contributed by atoms with van der Waals surface area (Å²) in [4.78, 5) is 5.30. The van der Waals surface area contributed by atoms with Crippen molar-refractivity contribution in [2.24, 2.45) is 17.4 Å². The lowest BCUT2D eigenvalue weighted by Crippen LogP contribution is -2.18. The third-order valence-corrected chi connectivity index (χ3v) is 3.76. The van der Waals surface area contributed by atoms with Gasteiger partial charge in [0.1, 0.15) is 16.4 Å². The van der Waals surface area contributed by atoms with Gasteiger partial charge in [0, 0.05) is 31.0 Å². The minimum atomic E-state index is -0.233. The first-order chi connectivity index (χ1) is 8.91. The molecule has 1 aliphatic rings. The molecular formula is C12H18N4O2S. The summed E-state index contributed by atoms with van der Waals surface area (Å²) in [6, 6.07) is 0. The van der Waals surface area contributed by atoms with Crippen LogP contribution in [0, 0.1) is 6.92 Å². The molecule has 0 atom stereocenters. The van der Waals surface area contributed by atoms with E-state index in [0.717, 1.165) is 22.7 Å². The summed E-state index contributed by atoms with van der Waals surface area (Å²) >= 11 is 1.53. The fourth-order valence-electron chi connectivity index (χ4n) is 1.88. The predicted molar refractivity (Wildman–Crippen MR) is 75.9 cm³/mol. The molecule has 0 spiro atoms. The highest BCUT2D eigenvalue weighted by Crippen LogP contribution is 2.28. The second-order valence-electron chi connectivity index (χ2n) is 5.15. The number of oxime groups is 2. The molecule has 0 fully saturated rings. The second kappa shape index (κ2) is 5.24. The summed E-state index contributed by atoms with van der Waals surface area (Å²) in [5.74, 6) is 0.543. The lowest BCUT2D eigenvalue weighted by Gasteiger charge is -2.13. The number of thioether (sulfide) groups is 1. The lowest BCUT2D eigenvalue weighted by atomic mass is 10.1. The van der Waals surface area contributed by atoms with E-state index in [4.69, 9.17) is 10.0 Å².